The molecule has 156 valence electrons. The van der Waals surface area contributed by atoms with E-state index in [0.29, 0.717) is 56.4 Å². The van der Waals surface area contributed by atoms with Crippen LogP contribution in [0.3, 0.4) is 0 Å². The van der Waals surface area contributed by atoms with Crippen LogP contribution in [0.25, 0.3) is 0 Å². The molecule has 0 atom stereocenters. The summed E-state index contributed by atoms with van der Waals surface area (Å²) in [5.41, 5.74) is 1.07. The molecule has 2 fully saturated rings. The first-order chi connectivity index (χ1) is 13.4. The minimum atomic E-state index is -3.61. The molecule has 0 aromatic heterocycles. The van der Waals surface area contributed by atoms with Crippen LogP contribution in [0.4, 0.5) is 0 Å². The fourth-order valence-corrected chi connectivity index (χ4v) is 5.63. The van der Waals surface area contributed by atoms with Crippen molar-refractivity contribution in [2.75, 3.05) is 39.4 Å². The highest BCUT2D eigenvalue weighted by Gasteiger charge is 2.32. The summed E-state index contributed by atoms with van der Waals surface area (Å²) >= 11 is 0. The summed E-state index contributed by atoms with van der Waals surface area (Å²) in [5.74, 6) is 0.186. The Bertz CT molecular complexity index is 793. The molecule has 0 aliphatic carbocycles. The number of ether oxygens (including phenoxy) is 2. The minimum Gasteiger partial charge on any atom is -0.350 e. The van der Waals surface area contributed by atoms with Crippen molar-refractivity contribution >= 4 is 15.9 Å². The summed E-state index contributed by atoms with van der Waals surface area (Å²) in [6.45, 7) is 8.70. The molecular formula is C20H30N2O5S. The third kappa shape index (κ3) is 4.25. The van der Waals surface area contributed by atoms with Gasteiger partial charge in [-0.3, -0.25) is 4.79 Å². The van der Waals surface area contributed by atoms with Gasteiger partial charge < -0.3 is 14.4 Å². The molecule has 1 aromatic carbocycles. The van der Waals surface area contributed by atoms with Crippen molar-refractivity contribution < 1.29 is 22.7 Å². The predicted octanol–water partition coefficient (Wildman–Crippen LogP) is 2.25. The van der Waals surface area contributed by atoms with Crippen LogP contribution in [0.1, 0.15) is 42.6 Å². The highest BCUT2D eigenvalue weighted by molar-refractivity contribution is 7.89. The molecule has 2 aliphatic heterocycles. The summed E-state index contributed by atoms with van der Waals surface area (Å²) in [6, 6.07) is 4.96. The van der Waals surface area contributed by atoms with Gasteiger partial charge in [0.05, 0.1) is 18.1 Å². The second-order valence-corrected chi connectivity index (χ2v) is 9.22. The quantitative estimate of drug-likeness (QED) is 0.719. The molecule has 0 bridgehead atoms. The summed E-state index contributed by atoms with van der Waals surface area (Å²) in [4.78, 5) is 15.0. The maximum absolute atomic E-state index is 13.0. The molecule has 2 saturated heterocycles. The zero-order valence-corrected chi connectivity index (χ0v) is 17.7. The number of hydrogen-bond acceptors (Lipinski definition) is 5. The van der Waals surface area contributed by atoms with Crippen LogP contribution in [0.5, 0.6) is 0 Å². The fraction of sp³-hybridized carbons (Fsp3) is 0.650. The van der Waals surface area contributed by atoms with Crippen LogP contribution in [0.15, 0.2) is 23.1 Å². The van der Waals surface area contributed by atoms with Gasteiger partial charge in [0.15, 0.2) is 6.29 Å². The summed E-state index contributed by atoms with van der Waals surface area (Å²) in [5, 5.41) is 0. The second kappa shape index (κ2) is 8.90. The lowest BCUT2D eigenvalue weighted by Crippen LogP contribution is -2.41. The van der Waals surface area contributed by atoms with E-state index in [0.717, 1.165) is 12.8 Å². The van der Waals surface area contributed by atoms with E-state index < -0.39 is 10.0 Å². The van der Waals surface area contributed by atoms with Crippen molar-refractivity contribution in [3.05, 3.63) is 29.3 Å². The minimum absolute atomic E-state index is 0.122. The van der Waals surface area contributed by atoms with Crippen molar-refractivity contribution in [2.24, 2.45) is 5.92 Å². The Morgan fingerprint density at radius 2 is 1.75 bits per heavy atom. The first-order valence-corrected chi connectivity index (χ1v) is 11.5. The van der Waals surface area contributed by atoms with Crippen molar-refractivity contribution in [3.8, 4) is 0 Å². The number of amides is 1. The van der Waals surface area contributed by atoms with Crippen LogP contribution in [-0.2, 0) is 19.5 Å². The van der Waals surface area contributed by atoms with E-state index in [2.05, 4.69) is 0 Å². The monoisotopic (exact) mass is 410 g/mol. The van der Waals surface area contributed by atoms with Gasteiger partial charge >= 0.3 is 0 Å². The van der Waals surface area contributed by atoms with Gasteiger partial charge in [-0.2, -0.15) is 4.31 Å². The van der Waals surface area contributed by atoms with Crippen LogP contribution in [0, 0.1) is 12.8 Å². The van der Waals surface area contributed by atoms with Gasteiger partial charge in [0.2, 0.25) is 10.0 Å². The lowest BCUT2D eigenvalue weighted by molar-refractivity contribution is -0.0956. The average Bonchev–Trinajstić information content (AvgIpc) is 3.23. The summed E-state index contributed by atoms with van der Waals surface area (Å²) in [7, 11) is -3.61. The number of carbonyl (C=O) groups is 1. The lowest BCUT2D eigenvalue weighted by Gasteiger charge is -2.34. The molecule has 0 N–H and O–H groups in total. The molecule has 8 heteroatoms. The highest BCUT2D eigenvalue weighted by Crippen LogP contribution is 2.27. The highest BCUT2D eigenvalue weighted by atomic mass is 32.2. The molecule has 0 radical (unpaired) electrons. The number of likely N-dealkylation sites (tertiary alicyclic amines) is 1. The van der Waals surface area contributed by atoms with E-state index in [-0.39, 0.29) is 17.1 Å². The van der Waals surface area contributed by atoms with E-state index in [1.165, 1.54) is 10.4 Å². The number of aryl methyl sites for hydroxylation is 1. The zero-order chi connectivity index (χ0) is 20.3. The van der Waals surface area contributed by atoms with Crippen LogP contribution >= 0.6 is 0 Å². The third-order valence-corrected chi connectivity index (χ3v) is 7.81. The van der Waals surface area contributed by atoms with Crippen LogP contribution in [0.2, 0.25) is 0 Å². The van der Waals surface area contributed by atoms with E-state index in [4.69, 9.17) is 9.47 Å². The first kappa shape index (κ1) is 21.2. The van der Waals surface area contributed by atoms with Crippen molar-refractivity contribution in [1.82, 2.24) is 9.21 Å². The Morgan fingerprint density at radius 1 is 1.14 bits per heavy atom. The standard InChI is InChI=1S/C20H30N2O5S/c1-4-22(5-2)28(24,25)18-14-17(7-6-15(18)3)19(23)21-10-8-16(9-11-21)20-26-12-13-27-20/h6-7,14,16,20H,4-5,8-13H2,1-3H3. The van der Waals surface area contributed by atoms with E-state index in [1.807, 2.05) is 13.8 Å². The number of benzene rings is 1. The molecule has 0 unspecified atom stereocenters. The molecule has 1 aromatic rings. The molecule has 0 saturated carbocycles. The molecular weight excluding hydrogens is 380 g/mol. The Labute approximate surface area is 167 Å². The van der Waals surface area contributed by atoms with E-state index in [9.17, 15) is 13.2 Å². The number of sulfonamides is 1. The van der Waals surface area contributed by atoms with Gasteiger partial charge in [0.1, 0.15) is 0 Å². The molecule has 2 aliphatic rings. The smallest absolute Gasteiger partial charge is 0.253 e. The molecule has 2 heterocycles. The van der Waals surface area contributed by atoms with Gasteiger partial charge in [0, 0.05) is 37.7 Å². The number of hydrogen-bond donors (Lipinski definition) is 0. The number of piperidine rings is 1. The predicted molar refractivity (Wildman–Crippen MR) is 106 cm³/mol. The van der Waals surface area contributed by atoms with Crippen molar-refractivity contribution in [1.29, 1.82) is 0 Å². The number of carbonyl (C=O) groups excluding carboxylic acids is 1. The second-order valence-electron chi connectivity index (χ2n) is 7.31. The van der Waals surface area contributed by atoms with Gasteiger partial charge in [-0.05, 0) is 37.5 Å². The summed E-state index contributed by atoms with van der Waals surface area (Å²) in [6.07, 6.45) is 1.50. The van der Waals surface area contributed by atoms with Crippen LogP contribution < -0.4 is 0 Å². The van der Waals surface area contributed by atoms with Gasteiger partial charge in [-0.25, -0.2) is 8.42 Å². The summed E-state index contributed by atoms with van der Waals surface area (Å²) < 4.78 is 38.4. The van der Waals surface area contributed by atoms with Gasteiger partial charge in [0.25, 0.3) is 5.91 Å². The fourth-order valence-electron chi connectivity index (χ4n) is 3.92. The Morgan fingerprint density at radius 3 is 2.32 bits per heavy atom. The topological polar surface area (TPSA) is 76.2 Å². The van der Waals surface area contributed by atoms with Gasteiger partial charge in [-0.1, -0.05) is 19.9 Å². The maximum Gasteiger partial charge on any atom is 0.253 e. The lowest BCUT2D eigenvalue weighted by atomic mass is 9.95. The van der Waals surface area contributed by atoms with Crippen molar-refractivity contribution in [3.63, 3.8) is 0 Å². The Kier molecular flexibility index (Phi) is 6.75. The SMILES string of the molecule is CCN(CC)S(=O)(=O)c1cc(C(=O)N2CCC(C3OCCO3)CC2)ccc1C. The largest absolute Gasteiger partial charge is 0.350 e. The number of nitrogens with zero attached hydrogens (tertiary/aromatic N) is 2. The molecule has 7 nitrogen and oxygen atoms in total. The Balaban J connectivity index is 1.74. The number of rotatable bonds is 6. The average molecular weight is 411 g/mol. The zero-order valence-electron chi connectivity index (χ0n) is 16.9. The van der Waals surface area contributed by atoms with E-state index >= 15 is 0 Å². The third-order valence-electron chi connectivity index (χ3n) is 5.62. The molecule has 0 spiro atoms. The molecule has 28 heavy (non-hydrogen) atoms. The Hall–Kier alpha value is -1.48. The normalized spacial score (nSPS) is 19.5. The maximum atomic E-state index is 13.0. The molecule has 1 amide bonds. The van der Waals surface area contributed by atoms with E-state index in [1.54, 1.807) is 24.0 Å². The van der Waals surface area contributed by atoms with Crippen molar-refractivity contribution in [2.45, 2.75) is 44.8 Å². The molecule has 3 rings (SSSR count). The first-order valence-electron chi connectivity index (χ1n) is 10.0. The van der Waals surface area contributed by atoms with Gasteiger partial charge in [-0.15, -0.1) is 0 Å². The van der Waals surface area contributed by atoms with Crippen LogP contribution in [-0.4, -0.2) is 69.2 Å².